The lowest BCUT2D eigenvalue weighted by Gasteiger charge is -2.06. The molecule has 1 fully saturated rings. The molecule has 0 spiro atoms. The Morgan fingerprint density at radius 2 is 2.22 bits per heavy atom. The number of rotatable bonds is 8. The third kappa shape index (κ3) is 6.00. The van der Waals surface area contributed by atoms with Crippen molar-refractivity contribution >= 4 is 49.9 Å². The number of ether oxygens (including phenoxy) is 1. The summed E-state index contributed by atoms with van der Waals surface area (Å²) < 4.78 is 4.97. The number of nitrogens with one attached hydrogen (secondary N) is 1. The van der Waals surface area contributed by atoms with Gasteiger partial charge in [-0.15, -0.1) is 0 Å². The Kier molecular flexibility index (Phi) is 7.72. The molecule has 0 aliphatic carbocycles. The van der Waals surface area contributed by atoms with Crippen molar-refractivity contribution < 1.29 is 14.3 Å². The Hall–Kier alpha value is -0.730. The first kappa shape index (κ1) is 18.6. The molecule has 1 aromatic rings. The summed E-state index contributed by atoms with van der Waals surface area (Å²) in [6, 6.07) is 0. The number of anilines is 1. The second kappa shape index (κ2) is 9.54. The fourth-order valence-electron chi connectivity index (χ4n) is 2.24. The number of aromatic nitrogens is 1. The fraction of sp³-hybridized carbons (Fsp3) is 0.667. The Balaban J connectivity index is 1.72. The monoisotopic (exact) mass is 374 g/mol. The van der Waals surface area contributed by atoms with E-state index in [1.165, 1.54) is 29.9 Å². The molecule has 1 aliphatic heterocycles. The van der Waals surface area contributed by atoms with Crippen molar-refractivity contribution in [1.82, 2.24) is 4.98 Å². The zero-order chi connectivity index (χ0) is 16.7. The minimum atomic E-state index is -0.380. The van der Waals surface area contributed by atoms with E-state index >= 15 is 0 Å². The third-order valence-electron chi connectivity index (χ3n) is 3.41. The molecule has 1 unspecified atom stereocenters. The first-order valence-corrected chi connectivity index (χ1v) is 11.0. The van der Waals surface area contributed by atoms with Gasteiger partial charge in [0.1, 0.15) is 4.88 Å². The van der Waals surface area contributed by atoms with E-state index in [0.29, 0.717) is 28.7 Å². The van der Waals surface area contributed by atoms with Gasteiger partial charge in [-0.3, -0.25) is 4.79 Å². The highest BCUT2D eigenvalue weighted by Crippen LogP contribution is 2.39. The van der Waals surface area contributed by atoms with Crippen LogP contribution in [-0.4, -0.2) is 34.5 Å². The van der Waals surface area contributed by atoms with Crippen LogP contribution in [0, 0.1) is 6.92 Å². The van der Waals surface area contributed by atoms with E-state index < -0.39 is 0 Å². The molecule has 1 aliphatic rings. The maximum atomic E-state index is 12.0. The van der Waals surface area contributed by atoms with Crippen LogP contribution < -0.4 is 5.32 Å². The van der Waals surface area contributed by atoms with Gasteiger partial charge >= 0.3 is 5.97 Å². The molecule has 0 saturated carbocycles. The van der Waals surface area contributed by atoms with E-state index in [1.807, 2.05) is 21.6 Å². The first-order chi connectivity index (χ1) is 11.1. The van der Waals surface area contributed by atoms with Crippen molar-refractivity contribution in [3.8, 4) is 0 Å². The molecular formula is C15H22N2O3S3. The normalized spacial score (nSPS) is 17.2. The van der Waals surface area contributed by atoms with Crippen LogP contribution in [0.25, 0.3) is 0 Å². The Morgan fingerprint density at radius 1 is 1.39 bits per heavy atom. The second-order valence-electron chi connectivity index (χ2n) is 5.28. The molecule has 128 valence electrons. The summed E-state index contributed by atoms with van der Waals surface area (Å²) in [6.45, 7) is 3.84. The van der Waals surface area contributed by atoms with Crippen molar-refractivity contribution in [2.45, 2.75) is 51.2 Å². The van der Waals surface area contributed by atoms with Gasteiger partial charge in [-0.05, 0) is 33.1 Å². The predicted octanol–water partition coefficient (Wildman–Crippen LogP) is 4.28. The Labute approximate surface area is 148 Å². The quantitative estimate of drug-likeness (QED) is 0.416. The minimum absolute atomic E-state index is 0.0393. The molecule has 0 radical (unpaired) electrons. The van der Waals surface area contributed by atoms with Gasteiger partial charge in [-0.25, -0.2) is 9.78 Å². The molecule has 1 amide bonds. The number of unbranched alkanes of at least 4 members (excludes halogenated alkanes) is 1. The zero-order valence-electron chi connectivity index (χ0n) is 13.4. The standard InChI is InChI=1S/C15H22N2O3S3/c1-3-20-14(19)13-10(2)16-15(22-13)17-12(18)7-5-4-6-11-8-9-21-23-11/h11H,3-9H2,1-2H3,(H,16,17,18). The van der Waals surface area contributed by atoms with Crippen LogP contribution in [0.1, 0.15) is 54.4 Å². The van der Waals surface area contributed by atoms with Crippen molar-refractivity contribution in [3.05, 3.63) is 10.6 Å². The Bertz CT molecular complexity index is 542. The van der Waals surface area contributed by atoms with Gasteiger partial charge in [0.05, 0.1) is 12.3 Å². The number of carbonyl (C=O) groups is 2. The molecule has 2 heterocycles. The SMILES string of the molecule is CCOC(=O)c1sc(NC(=O)CCCCC2CCSS2)nc1C. The number of amides is 1. The molecule has 8 heteroatoms. The molecule has 0 aromatic carbocycles. The number of aryl methyl sites for hydroxylation is 1. The van der Waals surface area contributed by atoms with E-state index in [4.69, 9.17) is 4.74 Å². The van der Waals surface area contributed by atoms with E-state index in [1.54, 1.807) is 13.8 Å². The summed E-state index contributed by atoms with van der Waals surface area (Å²) in [5, 5.41) is 4.01. The molecule has 1 saturated heterocycles. The highest BCUT2D eigenvalue weighted by atomic mass is 33.1. The van der Waals surface area contributed by atoms with Crippen LogP contribution in [0.3, 0.4) is 0 Å². The molecule has 1 atom stereocenters. The number of carbonyl (C=O) groups excluding carboxylic acids is 2. The molecule has 23 heavy (non-hydrogen) atoms. The summed E-state index contributed by atoms with van der Waals surface area (Å²) in [5.41, 5.74) is 0.597. The van der Waals surface area contributed by atoms with E-state index in [9.17, 15) is 9.59 Å². The van der Waals surface area contributed by atoms with Crippen molar-refractivity contribution in [3.63, 3.8) is 0 Å². The summed E-state index contributed by atoms with van der Waals surface area (Å²) in [7, 11) is 3.93. The van der Waals surface area contributed by atoms with Crippen molar-refractivity contribution in [2.75, 3.05) is 17.7 Å². The summed E-state index contributed by atoms with van der Waals surface area (Å²) in [5.74, 6) is 0.833. The van der Waals surface area contributed by atoms with Gasteiger partial charge in [0, 0.05) is 17.4 Å². The molecule has 1 N–H and O–H groups in total. The predicted molar refractivity (Wildman–Crippen MR) is 98.4 cm³/mol. The van der Waals surface area contributed by atoms with Gasteiger partial charge in [-0.2, -0.15) is 0 Å². The maximum absolute atomic E-state index is 12.0. The summed E-state index contributed by atoms with van der Waals surface area (Å²) in [4.78, 5) is 28.4. The summed E-state index contributed by atoms with van der Waals surface area (Å²) >= 11 is 1.17. The highest BCUT2D eigenvalue weighted by molar-refractivity contribution is 8.77. The van der Waals surface area contributed by atoms with Gasteiger partial charge in [-0.1, -0.05) is 39.3 Å². The molecule has 2 rings (SSSR count). The van der Waals surface area contributed by atoms with Crippen LogP contribution >= 0.6 is 32.9 Å². The van der Waals surface area contributed by atoms with Crippen LogP contribution in [0.4, 0.5) is 5.13 Å². The van der Waals surface area contributed by atoms with E-state index in [-0.39, 0.29) is 11.9 Å². The van der Waals surface area contributed by atoms with Crippen molar-refractivity contribution in [2.24, 2.45) is 0 Å². The molecular weight excluding hydrogens is 352 g/mol. The third-order valence-corrected chi connectivity index (χ3v) is 7.47. The van der Waals surface area contributed by atoms with Gasteiger partial charge in [0.15, 0.2) is 5.13 Å². The second-order valence-corrected chi connectivity index (χ2v) is 9.06. The largest absolute Gasteiger partial charge is 0.462 e. The van der Waals surface area contributed by atoms with E-state index in [0.717, 1.165) is 18.1 Å². The fourth-order valence-corrected chi connectivity index (χ4v) is 6.14. The van der Waals surface area contributed by atoms with Gasteiger partial charge in [0.2, 0.25) is 5.91 Å². The van der Waals surface area contributed by atoms with Crippen LogP contribution in [-0.2, 0) is 9.53 Å². The topological polar surface area (TPSA) is 68.3 Å². The molecule has 1 aromatic heterocycles. The lowest BCUT2D eigenvalue weighted by Crippen LogP contribution is -2.11. The summed E-state index contributed by atoms with van der Waals surface area (Å²) in [6.07, 6.45) is 4.95. The van der Waals surface area contributed by atoms with Crippen LogP contribution in [0.15, 0.2) is 0 Å². The first-order valence-electron chi connectivity index (χ1n) is 7.82. The average Bonchev–Trinajstić information content (AvgIpc) is 3.13. The number of esters is 1. The lowest BCUT2D eigenvalue weighted by molar-refractivity contribution is -0.116. The Morgan fingerprint density at radius 3 is 2.91 bits per heavy atom. The van der Waals surface area contributed by atoms with Crippen LogP contribution in [0.2, 0.25) is 0 Å². The van der Waals surface area contributed by atoms with E-state index in [2.05, 4.69) is 10.3 Å². The smallest absolute Gasteiger partial charge is 0.350 e. The number of hydrogen-bond donors (Lipinski definition) is 1. The molecule has 0 bridgehead atoms. The van der Waals surface area contributed by atoms with Gasteiger partial charge < -0.3 is 10.1 Å². The lowest BCUT2D eigenvalue weighted by atomic mass is 10.1. The number of nitrogens with zero attached hydrogens (tertiary/aromatic N) is 1. The minimum Gasteiger partial charge on any atom is -0.462 e. The maximum Gasteiger partial charge on any atom is 0.350 e. The zero-order valence-corrected chi connectivity index (χ0v) is 15.9. The highest BCUT2D eigenvalue weighted by Gasteiger charge is 2.18. The van der Waals surface area contributed by atoms with Crippen molar-refractivity contribution in [1.29, 1.82) is 0 Å². The van der Waals surface area contributed by atoms with Gasteiger partial charge in [0.25, 0.3) is 0 Å². The number of thiazole rings is 1. The van der Waals surface area contributed by atoms with Crippen LogP contribution in [0.5, 0.6) is 0 Å². The average molecular weight is 375 g/mol. The molecule has 5 nitrogen and oxygen atoms in total. The number of hydrogen-bond acceptors (Lipinski definition) is 7.